The lowest BCUT2D eigenvalue weighted by Gasteiger charge is -2.09. The summed E-state index contributed by atoms with van der Waals surface area (Å²) in [6.45, 7) is 4.75. The van der Waals surface area contributed by atoms with Crippen LogP contribution in [0.4, 0.5) is 0 Å². The highest BCUT2D eigenvalue weighted by molar-refractivity contribution is 6.69. The third-order valence-corrected chi connectivity index (χ3v) is 2.58. The molecule has 3 heteroatoms. The van der Waals surface area contributed by atoms with Gasteiger partial charge in [0.1, 0.15) is 0 Å². The van der Waals surface area contributed by atoms with E-state index >= 15 is 0 Å². The van der Waals surface area contributed by atoms with Gasteiger partial charge in [-0.05, 0) is 19.1 Å². The van der Waals surface area contributed by atoms with Crippen LogP contribution in [-0.2, 0) is 4.74 Å². The molecule has 1 atom stereocenters. The Balaban J connectivity index is 2.16. The van der Waals surface area contributed by atoms with Crippen molar-refractivity contribution in [3.05, 3.63) is 0 Å². The van der Waals surface area contributed by atoms with E-state index in [1.54, 1.807) is 0 Å². The van der Waals surface area contributed by atoms with Crippen molar-refractivity contribution >= 4 is 8.32 Å². The van der Waals surface area contributed by atoms with Gasteiger partial charge < -0.3 is 9.53 Å². The molecule has 0 aliphatic carbocycles. The minimum Gasteiger partial charge on any atom is -0.432 e. The molecule has 0 amide bonds. The van der Waals surface area contributed by atoms with E-state index < -0.39 is 8.32 Å². The quantitative estimate of drug-likeness (QED) is 0.440. The normalized spacial score (nSPS) is 28.1. The number of ether oxygens (including phenoxy) is 1. The molecule has 0 radical (unpaired) electrons. The minimum atomic E-state index is -1.78. The van der Waals surface area contributed by atoms with E-state index in [0.717, 1.165) is 12.7 Å². The molecule has 1 aliphatic heterocycles. The molecule has 0 spiro atoms. The first-order valence-corrected chi connectivity index (χ1v) is 6.07. The minimum absolute atomic E-state index is 0.404. The van der Waals surface area contributed by atoms with Crippen LogP contribution < -0.4 is 0 Å². The molecule has 0 aromatic rings. The Morgan fingerprint density at radius 1 is 1.75 bits per heavy atom. The van der Waals surface area contributed by atoms with Crippen molar-refractivity contribution in [2.75, 3.05) is 6.61 Å². The first-order valence-electron chi connectivity index (χ1n) is 2.92. The van der Waals surface area contributed by atoms with Gasteiger partial charge in [-0.1, -0.05) is 0 Å². The Morgan fingerprint density at radius 3 is 2.38 bits per heavy atom. The Morgan fingerprint density at radius 2 is 2.25 bits per heavy atom. The zero-order valence-corrected chi connectivity index (χ0v) is 6.35. The Hall–Kier alpha value is 0.137. The molecule has 1 aliphatic rings. The van der Waals surface area contributed by atoms with Crippen molar-refractivity contribution in [1.29, 1.82) is 0 Å². The molecule has 1 heterocycles. The zero-order chi connectivity index (χ0) is 6.20. The van der Waals surface area contributed by atoms with Gasteiger partial charge in [0.15, 0.2) is 8.32 Å². The van der Waals surface area contributed by atoms with Crippen LogP contribution in [0.5, 0.6) is 0 Å². The average molecular weight is 132 g/mol. The molecule has 1 saturated heterocycles. The van der Waals surface area contributed by atoms with Crippen molar-refractivity contribution in [2.24, 2.45) is 0 Å². The second kappa shape index (κ2) is 1.82. The number of hydrogen-bond donors (Lipinski definition) is 1. The lowest BCUT2D eigenvalue weighted by atomic mass is 10.6. The third-order valence-electron chi connectivity index (χ3n) is 1.13. The molecule has 0 saturated carbocycles. The van der Waals surface area contributed by atoms with Crippen LogP contribution in [0.15, 0.2) is 0 Å². The fraction of sp³-hybridized carbons (Fsp3) is 1.00. The molecule has 0 aromatic carbocycles. The molecule has 1 fully saturated rings. The predicted molar refractivity (Wildman–Crippen MR) is 34.2 cm³/mol. The van der Waals surface area contributed by atoms with Crippen molar-refractivity contribution < 1.29 is 9.53 Å². The molecule has 0 bridgehead atoms. The molecular weight excluding hydrogens is 120 g/mol. The number of rotatable bonds is 2. The average Bonchev–Trinajstić information content (AvgIpc) is 2.12. The highest BCUT2D eigenvalue weighted by Gasteiger charge is 2.31. The number of hydrogen-bond acceptors (Lipinski definition) is 2. The van der Waals surface area contributed by atoms with E-state index in [1.807, 2.05) is 13.1 Å². The summed E-state index contributed by atoms with van der Waals surface area (Å²) in [5, 5.41) is 0. The molecule has 0 aromatic heterocycles. The smallest absolute Gasteiger partial charge is 0.185 e. The Labute approximate surface area is 50.6 Å². The van der Waals surface area contributed by atoms with E-state index in [4.69, 9.17) is 4.74 Å². The van der Waals surface area contributed by atoms with Crippen LogP contribution >= 0.6 is 0 Å². The van der Waals surface area contributed by atoms with Gasteiger partial charge in [-0.25, -0.2) is 0 Å². The van der Waals surface area contributed by atoms with Crippen LogP contribution in [0.1, 0.15) is 0 Å². The van der Waals surface area contributed by atoms with E-state index in [9.17, 15) is 4.80 Å². The molecule has 1 N–H and O–H groups in total. The maximum absolute atomic E-state index is 9.29. The summed E-state index contributed by atoms with van der Waals surface area (Å²) >= 11 is 0. The first-order chi connectivity index (χ1) is 3.58. The standard InChI is InChI=1S/C5H12O2Si/c1-8(2,6)4-5-3-7-5/h5-6H,3-4H2,1-2H3. The van der Waals surface area contributed by atoms with E-state index in [1.165, 1.54) is 0 Å². The van der Waals surface area contributed by atoms with Crippen LogP contribution in [-0.4, -0.2) is 25.8 Å². The molecule has 1 unspecified atom stereocenters. The molecular formula is C5H12O2Si. The summed E-state index contributed by atoms with van der Waals surface area (Å²) in [6, 6.07) is 0.910. The van der Waals surface area contributed by atoms with Gasteiger partial charge >= 0.3 is 0 Å². The zero-order valence-electron chi connectivity index (χ0n) is 5.35. The summed E-state index contributed by atoms with van der Waals surface area (Å²) in [5.74, 6) is 0. The fourth-order valence-electron chi connectivity index (χ4n) is 0.743. The predicted octanol–water partition coefficient (Wildman–Crippen LogP) is 0.583. The molecule has 8 heavy (non-hydrogen) atoms. The molecule has 1 rings (SSSR count). The molecule has 2 nitrogen and oxygen atoms in total. The summed E-state index contributed by atoms with van der Waals surface area (Å²) in [5.41, 5.74) is 0. The highest BCUT2D eigenvalue weighted by Crippen LogP contribution is 2.20. The molecule has 48 valence electrons. The Bertz CT molecular complexity index is 82.9. The fourth-order valence-corrected chi connectivity index (χ4v) is 2.09. The monoisotopic (exact) mass is 132 g/mol. The summed E-state index contributed by atoms with van der Waals surface area (Å²) < 4.78 is 4.96. The van der Waals surface area contributed by atoms with Gasteiger partial charge in [-0.15, -0.1) is 0 Å². The SMILES string of the molecule is C[Si](C)(O)CC1CO1. The maximum atomic E-state index is 9.29. The van der Waals surface area contributed by atoms with E-state index in [-0.39, 0.29) is 0 Å². The maximum Gasteiger partial charge on any atom is 0.185 e. The van der Waals surface area contributed by atoms with E-state index in [0.29, 0.717) is 6.10 Å². The van der Waals surface area contributed by atoms with Crippen molar-refractivity contribution in [3.63, 3.8) is 0 Å². The van der Waals surface area contributed by atoms with Crippen molar-refractivity contribution in [3.8, 4) is 0 Å². The van der Waals surface area contributed by atoms with Gasteiger partial charge in [0.05, 0.1) is 12.7 Å². The lowest BCUT2D eigenvalue weighted by molar-refractivity contribution is 0.412. The van der Waals surface area contributed by atoms with Gasteiger partial charge in [0, 0.05) is 0 Å². The summed E-state index contributed by atoms with van der Waals surface area (Å²) in [6.07, 6.45) is 0.404. The van der Waals surface area contributed by atoms with Gasteiger partial charge in [0.2, 0.25) is 0 Å². The summed E-state index contributed by atoms with van der Waals surface area (Å²) in [7, 11) is -1.78. The Kier molecular flexibility index (Phi) is 1.43. The lowest BCUT2D eigenvalue weighted by Crippen LogP contribution is -2.26. The largest absolute Gasteiger partial charge is 0.432 e. The second-order valence-electron chi connectivity index (χ2n) is 2.97. The van der Waals surface area contributed by atoms with E-state index in [2.05, 4.69) is 0 Å². The van der Waals surface area contributed by atoms with Crippen LogP contribution in [0.2, 0.25) is 19.1 Å². The van der Waals surface area contributed by atoms with Crippen LogP contribution in [0.25, 0.3) is 0 Å². The van der Waals surface area contributed by atoms with Crippen LogP contribution in [0, 0.1) is 0 Å². The van der Waals surface area contributed by atoms with Crippen molar-refractivity contribution in [2.45, 2.75) is 25.2 Å². The van der Waals surface area contributed by atoms with Gasteiger partial charge in [0.25, 0.3) is 0 Å². The van der Waals surface area contributed by atoms with Crippen molar-refractivity contribution in [1.82, 2.24) is 0 Å². The second-order valence-corrected chi connectivity index (χ2v) is 7.01. The number of epoxide rings is 1. The highest BCUT2D eigenvalue weighted by atomic mass is 28.4. The third kappa shape index (κ3) is 2.45. The summed E-state index contributed by atoms with van der Waals surface area (Å²) in [4.78, 5) is 9.29. The first kappa shape index (κ1) is 6.26. The van der Waals surface area contributed by atoms with Crippen LogP contribution in [0.3, 0.4) is 0 Å². The van der Waals surface area contributed by atoms with Gasteiger partial charge in [-0.3, -0.25) is 0 Å². The topological polar surface area (TPSA) is 32.8 Å². The van der Waals surface area contributed by atoms with Gasteiger partial charge in [-0.2, -0.15) is 0 Å².